The molecule has 0 spiro atoms. The van der Waals surface area contributed by atoms with Gasteiger partial charge in [0.25, 0.3) is 0 Å². The number of methoxy groups -OCH3 is 2. The number of hydrogen-bond donors (Lipinski definition) is 0. The Morgan fingerprint density at radius 2 is 1.38 bits per heavy atom. The molecular formula is C10H16O3. The van der Waals surface area contributed by atoms with Crippen molar-refractivity contribution in [3.63, 3.8) is 0 Å². The van der Waals surface area contributed by atoms with E-state index in [1.54, 1.807) is 14.2 Å². The Morgan fingerprint density at radius 1 is 1.00 bits per heavy atom. The third kappa shape index (κ3) is 1.82. The van der Waals surface area contributed by atoms with E-state index in [9.17, 15) is 0 Å². The van der Waals surface area contributed by atoms with Gasteiger partial charge >= 0.3 is 0 Å². The summed E-state index contributed by atoms with van der Waals surface area (Å²) in [6, 6.07) is 0. The Balaban J connectivity index is 2.91. The van der Waals surface area contributed by atoms with Crippen LogP contribution in [-0.4, -0.2) is 26.8 Å². The molecule has 0 aromatic heterocycles. The van der Waals surface area contributed by atoms with Gasteiger partial charge in [-0.1, -0.05) is 12.2 Å². The highest BCUT2D eigenvalue weighted by Gasteiger charge is 2.33. The molecular weight excluding hydrogens is 168 g/mol. The van der Waals surface area contributed by atoms with Gasteiger partial charge in [-0.25, -0.2) is 0 Å². The van der Waals surface area contributed by atoms with Gasteiger partial charge in [0.2, 0.25) is 0 Å². The minimum atomic E-state index is -0.291. The molecule has 0 radical (unpaired) electrons. The van der Waals surface area contributed by atoms with Crippen LogP contribution in [0.25, 0.3) is 0 Å². The second-order valence-electron chi connectivity index (χ2n) is 2.76. The average molecular weight is 184 g/mol. The van der Waals surface area contributed by atoms with Crippen molar-refractivity contribution in [2.24, 2.45) is 0 Å². The van der Waals surface area contributed by atoms with Crippen LogP contribution in [0.5, 0.6) is 0 Å². The van der Waals surface area contributed by atoms with Crippen LogP contribution < -0.4 is 0 Å². The van der Waals surface area contributed by atoms with E-state index in [-0.39, 0.29) is 12.6 Å². The van der Waals surface area contributed by atoms with Crippen molar-refractivity contribution in [2.75, 3.05) is 14.2 Å². The predicted molar refractivity (Wildman–Crippen MR) is 50.2 cm³/mol. The van der Waals surface area contributed by atoms with Crippen molar-refractivity contribution in [3.05, 3.63) is 23.3 Å². The molecule has 1 rings (SSSR count). The van der Waals surface area contributed by atoms with Crippen molar-refractivity contribution >= 4 is 0 Å². The molecule has 1 fully saturated rings. The highest BCUT2D eigenvalue weighted by atomic mass is 16.8. The molecule has 1 aliphatic heterocycles. The maximum atomic E-state index is 5.49. The smallest absolute Gasteiger partial charge is 0.187 e. The Labute approximate surface area is 79.0 Å². The maximum absolute atomic E-state index is 5.49. The van der Waals surface area contributed by atoms with Crippen LogP contribution in [0.1, 0.15) is 13.8 Å². The second-order valence-corrected chi connectivity index (χ2v) is 2.76. The molecule has 3 heteroatoms. The lowest BCUT2D eigenvalue weighted by atomic mass is 10.1. The third-order valence-corrected chi connectivity index (χ3v) is 2.14. The van der Waals surface area contributed by atoms with E-state index in [4.69, 9.17) is 14.2 Å². The molecule has 0 aliphatic carbocycles. The fourth-order valence-corrected chi connectivity index (χ4v) is 1.50. The van der Waals surface area contributed by atoms with E-state index < -0.39 is 0 Å². The van der Waals surface area contributed by atoms with E-state index in [1.807, 2.05) is 26.0 Å². The van der Waals surface area contributed by atoms with Gasteiger partial charge in [-0.15, -0.1) is 0 Å². The molecule has 3 nitrogen and oxygen atoms in total. The molecule has 0 N–H and O–H groups in total. The van der Waals surface area contributed by atoms with E-state index in [1.165, 1.54) is 0 Å². The predicted octanol–water partition coefficient (Wildman–Crippen LogP) is 1.85. The zero-order valence-electron chi connectivity index (χ0n) is 8.53. The number of rotatable bonds is 2. The fourth-order valence-electron chi connectivity index (χ4n) is 1.50. The van der Waals surface area contributed by atoms with Crippen LogP contribution in [0.3, 0.4) is 0 Å². The highest BCUT2D eigenvalue weighted by molar-refractivity contribution is 5.37. The van der Waals surface area contributed by atoms with Gasteiger partial charge in [0.05, 0.1) is 0 Å². The summed E-state index contributed by atoms with van der Waals surface area (Å²) >= 11 is 0. The zero-order valence-corrected chi connectivity index (χ0v) is 8.53. The standard InChI is InChI=1S/C10H16O3/c1-5-7-8(6-2)10(12-4)13-9(7)11-3/h5-6,9-10H,1-4H3/b7-5+,8-6+. The average Bonchev–Trinajstić information content (AvgIpc) is 2.54. The summed E-state index contributed by atoms with van der Waals surface area (Å²) in [7, 11) is 3.25. The molecule has 1 heterocycles. The van der Waals surface area contributed by atoms with Crippen LogP contribution in [0.2, 0.25) is 0 Å². The van der Waals surface area contributed by atoms with Gasteiger partial charge in [0.15, 0.2) is 12.6 Å². The van der Waals surface area contributed by atoms with E-state index in [0.717, 1.165) is 11.1 Å². The first-order chi connectivity index (χ1) is 6.28. The molecule has 0 bridgehead atoms. The molecule has 2 atom stereocenters. The van der Waals surface area contributed by atoms with Crippen molar-refractivity contribution in [3.8, 4) is 0 Å². The Hall–Kier alpha value is -0.640. The molecule has 0 aromatic rings. The van der Waals surface area contributed by atoms with E-state index >= 15 is 0 Å². The second kappa shape index (κ2) is 4.56. The summed E-state index contributed by atoms with van der Waals surface area (Å²) in [5, 5.41) is 0. The van der Waals surface area contributed by atoms with Crippen molar-refractivity contribution < 1.29 is 14.2 Å². The van der Waals surface area contributed by atoms with Crippen molar-refractivity contribution in [1.29, 1.82) is 0 Å². The SMILES string of the molecule is C/C=C1\C(=C/C)C(OC)OC1OC. The summed E-state index contributed by atoms with van der Waals surface area (Å²) in [4.78, 5) is 0. The lowest BCUT2D eigenvalue weighted by Gasteiger charge is -2.09. The maximum Gasteiger partial charge on any atom is 0.187 e. The lowest BCUT2D eigenvalue weighted by Crippen LogP contribution is -2.14. The zero-order chi connectivity index (χ0) is 9.84. The molecule has 1 saturated heterocycles. The lowest BCUT2D eigenvalue weighted by molar-refractivity contribution is -0.171. The minimum Gasteiger partial charge on any atom is -0.352 e. The molecule has 0 amide bonds. The van der Waals surface area contributed by atoms with Crippen LogP contribution in [0.15, 0.2) is 23.3 Å². The largest absolute Gasteiger partial charge is 0.352 e. The molecule has 0 aromatic carbocycles. The normalized spacial score (nSPS) is 34.8. The summed E-state index contributed by atoms with van der Waals surface area (Å²) in [6.45, 7) is 3.93. The topological polar surface area (TPSA) is 27.7 Å². The van der Waals surface area contributed by atoms with Crippen LogP contribution in [-0.2, 0) is 14.2 Å². The minimum absolute atomic E-state index is 0.291. The Bertz CT molecular complexity index is 206. The first-order valence-electron chi connectivity index (χ1n) is 4.32. The summed E-state index contributed by atoms with van der Waals surface area (Å²) in [5.41, 5.74) is 2.11. The molecule has 13 heavy (non-hydrogen) atoms. The van der Waals surface area contributed by atoms with Crippen molar-refractivity contribution in [2.45, 2.75) is 26.4 Å². The first kappa shape index (κ1) is 10.4. The van der Waals surface area contributed by atoms with Gasteiger partial charge in [0, 0.05) is 25.4 Å². The molecule has 2 unspecified atom stereocenters. The number of allylic oxidation sites excluding steroid dienone is 2. The Morgan fingerprint density at radius 3 is 1.62 bits per heavy atom. The molecule has 74 valence electrons. The van der Waals surface area contributed by atoms with Gasteiger partial charge in [0.1, 0.15) is 0 Å². The van der Waals surface area contributed by atoms with Gasteiger partial charge in [-0.3, -0.25) is 0 Å². The van der Waals surface area contributed by atoms with Gasteiger partial charge in [-0.2, -0.15) is 0 Å². The van der Waals surface area contributed by atoms with Crippen molar-refractivity contribution in [1.82, 2.24) is 0 Å². The first-order valence-corrected chi connectivity index (χ1v) is 4.32. The van der Waals surface area contributed by atoms with Gasteiger partial charge in [-0.05, 0) is 13.8 Å². The van der Waals surface area contributed by atoms with Crippen LogP contribution in [0.4, 0.5) is 0 Å². The quantitative estimate of drug-likeness (QED) is 0.655. The van der Waals surface area contributed by atoms with E-state index in [0.29, 0.717) is 0 Å². The molecule has 0 saturated carbocycles. The molecule has 1 aliphatic rings. The number of ether oxygens (including phenoxy) is 3. The Kier molecular flexibility index (Phi) is 3.66. The highest BCUT2D eigenvalue weighted by Crippen LogP contribution is 2.31. The number of hydrogen-bond acceptors (Lipinski definition) is 3. The van der Waals surface area contributed by atoms with Crippen LogP contribution >= 0.6 is 0 Å². The summed E-state index contributed by atoms with van der Waals surface area (Å²) < 4.78 is 15.8. The van der Waals surface area contributed by atoms with Gasteiger partial charge < -0.3 is 14.2 Å². The fraction of sp³-hybridized carbons (Fsp3) is 0.600. The van der Waals surface area contributed by atoms with E-state index in [2.05, 4.69) is 0 Å². The monoisotopic (exact) mass is 184 g/mol. The third-order valence-electron chi connectivity index (χ3n) is 2.14. The summed E-state index contributed by atoms with van der Waals surface area (Å²) in [6.07, 6.45) is 3.40. The van der Waals surface area contributed by atoms with Crippen LogP contribution in [0, 0.1) is 0 Å². The summed E-state index contributed by atoms with van der Waals surface area (Å²) in [5.74, 6) is 0.